The molecule has 0 saturated heterocycles. The number of carbonyl (C=O) groups excluding carboxylic acids is 1. The highest BCUT2D eigenvalue weighted by atomic mass is 35.5. The van der Waals surface area contributed by atoms with E-state index < -0.39 is 0 Å². The van der Waals surface area contributed by atoms with Crippen LogP contribution in [0.3, 0.4) is 0 Å². The van der Waals surface area contributed by atoms with Gasteiger partial charge in [-0.15, -0.1) is 11.3 Å². The Kier molecular flexibility index (Phi) is 7.69. The van der Waals surface area contributed by atoms with E-state index in [1.54, 1.807) is 42.6 Å². The average molecular weight is 380 g/mol. The van der Waals surface area contributed by atoms with Gasteiger partial charge in [0.15, 0.2) is 5.96 Å². The first-order chi connectivity index (χ1) is 12.1. The first kappa shape index (κ1) is 19.2. The largest absolute Gasteiger partial charge is 0.356 e. The minimum atomic E-state index is -0.0228. The summed E-state index contributed by atoms with van der Waals surface area (Å²) in [5, 5.41) is 10.9. The van der Waals surface area contributed by atoms with Crippen molar-refractivity contribution in [2.45, 2.75) is 26.3 Å². The summed E-state index contributed by atoms with van der Waals surface area (Å²) in [6.07, 6.45) is 2.99. The van der Waals surface area contributed by atoms with Gasteiger partial charge in [-0.1, -0.05) is 11.6 Å². The average Bonchev–Trinajstić information content (AvgIpc) is 3.02. The van der Waals surface area contributed by atoms with Gasteiger partial charge in [-0.3, -0.25) is 9.79 Å². The highest BCUT2D eigenvalue weighted by Gasteiger charge is 2.04. The van der Waals surface area contributed by atoms with Crippen LogP contribution in [0.5, 0.6) is 0 Å². The third-order valence-electron chi connectivity index (χ3n) is 3.30. The van der Waals surface area contributed by atoms with Crippen LogP contribution < -0.4 is 16.0 Å². The monoisotopic (exact) mass is 379 g/mol. The van der Waals surface area contributed by atoms with E-state index in [4.69, 9.17) is 11.6 Å². The molecule has 0 aliphatic rings. The lowest BCUT2D eigenvalue weighted by molar-refractivity contribution is -0.116. The van der Waals surface area contributed by atoms with Crippen LogP contribution in [0.4, 0.5) is 5.69 Å². The Bertz CT molecular complexity index is 714. The van der Waals surface area contributed by atoms with Crippen LogP contribution in [-0.4, -0.2) is 30.4 Å². The number of guanidine groups is 1. The molecule has 0 unspecified atom stereocenters. The second-order valence-electron chi connectivity index (χ2n) is 5.38. The van der Waals surface area contributed by atoms with E-state index in [2.05, 4.69) is 25.9 Å². The van der Waals surface area contributed by atoms with Crippen LogP contribution >= 0.6 is 22.9 Å². The molecule has 1 aromatic heterocycles. The molecule has 0 spiro atoms. The first-order valence-electron chi connectivity index (χ1n) is 7.98. The summed E-state index contributed by atoms with van der Waals surface area (Å²) in [6.45, 7) is 3.32. The number of nitrogens with one attached hydrogen (secondary N) is 3. The molecule has 1 amide bonds. The second kappa shape index (κ2) is 10.0. The normalized spacial score (nSPS) is 11.2. The molecule has 8 heteroatoms. The van der Waals surface area contributed by atoms with Gasteiger partial charge in [-0.25, -0.2) is 4.98 Å². The maximum atomic E-state index is 11.9. The Labute approximate surface area is 156 Å². The zero-order valence-electron chi connectivity index (χ0n) is 14.3. The molecule has 0 radical (unpaired) electrons. The lowest BCUT2D eigenvalue weighted by atomic mass is 10.2. The molecule has 0 bridgehead atoms. The molecular weight excluding hydrogens is 358 g/mol. The summed E-state index contributed by atoms with van der Waals surface area (Å²) in [5.74, 6) is 0.677. The lowest BCUT2D eigenvalue weighted by Crippen LogP contribution is -2.37. The van der Waals surface area contributed by atoms with Crippen molar-refractivity contribution in [3.63, 3.8) is 0 Å². The number of anilines is 1. The minimum Gasteiger partial charge on any atom is -0.356 e. The van der Waals surface area contributed by atoms with Gasteiger partial charge < -0.3 is 16.0 Å². The van der Waals surface area contributed by atoms with E-state index in [0.29, 0.717) is 36.9 Å². The van der Waals surface area contributed by atoms with E-state index in [0.717, 1.165) is 10.7 Å². The highest BCUT2D eigenvalue weighted by molar-refractivity contribution is 7.11. The van der Waals surface area contributed by atoms with Gasteiger partial charge in [-0.2, -0.15) is 0 Å². The quantitative estimate of drug-likeness (QED) is 0.392. The molecule has 0 saturated carbocycles. The van der Waals surface area contributed by atoms with Crippen molar-refractivity contribution in [3.8, 4) is 0 Å². The predicted molar refractivity (Wildman–Crippen MR) is 104 cm³/mol. The molecule has 2 rings (SSSR count). The third kappa shape index (κ3) is 7.11. The van der Waals surface area contributed by atoms with Gasteiger partial charge in [-0.05, 0) is 37.6 Å². The number of nitrogens with zero attached hydrogens (tertiary/aromatic N) is 2. The van der Waals surface area contributed by atoms with Crippen LogP contribution in [0.25, 0.3) is 0 Å². The Morgan fingerprint density at radius 2 is 2.04 bits per heavy atom. The Hall–Kier alpha value is -2.12. The van der Waals surface area contributed by atoms with Crippen molar-refractivity contribution >= 4 is 40.5 Å². The van der Waals surface area contributed by atoms with Gasteiger partial charge in [0.2, 0.25) is 5.91 Å². The molecule has 2 aromatic rings. The number of rotatable bonds is 7. The molecule has 1 heterocycles. The summed E-state index contributed by atoms with van der Waals surface area (Å²) in [6, 6.07) is 7.06. The SMILES string of the molecule is CN=C(NCCCC(=O)Nc1ccc(Cl)cc1)NCc1ncc(C)s1. The Balaban J connectivity index is 1.63. The fourth-order valence-corrected chi connectivity index (χ4v) is 2.93. The summed E-state index contributed by atoms with van der Waals surface area (Å²) < 4.78 is 0. The van der Waals surface area contributed by atoms with Crippen LogP contribution in [0, 0.1) is 6.92 Å². The van der Waals surface area contributed by atoms with Gasteiger partial charge in [0, 0.05) is 41.8 Å². The van der Waals surface area contributed by atoms with Gasteiger partial charge in [0.25, 0.3) is 0 Å². The number of aromatic nitrogens is 1. The number of hydrogen-bond donors (Lipinski definition) is 3. The molecule has 25 heavy (non-hydrogen) atoms. The maximum absolute atomic E-state index is 11.9. The molecule has 0 atom stereocenters. The number of amides is 1. The zero-order chi connectivity index (χ0) is 18.1. The number of benzene rings is 1. The van der Waals surface area contributed by atoms with Gasteiger partial charge in [0.1, 0.15) is 5.01 Å². The molecule has 0 aliphatic heterocycles. The fourth-order valence-electron chi connectivity index (χ4n) is 2.08. The molecular formula is C17H22ClN5OS. The minimum absolute atomic E-state index is 0.0228. The van der Waals surface area contributed by atoms with Crippen molar-refractivity contribution < 1.29 is 4.79 Å². The molecule has 3 N–H and O–H groups in total. The molecule has 6 nitrogen and oxygen atoms in total. The smallest absolute Gasteiger partial charge is 0.224 e. The van der Waals surface area contributed by atoms with Crippen molar-refractivity contribution in [3.05, 3.63) is 45.4 Å². The summed E-state index contributed by atoms with van der Waals surface area (Å²) in [7, 11) is 1.72. The van der Waals surface area contributed by atoms with Gasteiger partial charge >= 0.3 is 0 Å². The van der Waals surface area contributed by atoms with Crippen molar-refractivity contribution in [1.29, 1.82) is 0 Å². The number of hydrogen-bond acceptors (Lipinski definition) is 4. The Morgan fingerprint density at radius 1 is 1.28 bits per heavy atom. The number of aryl methyl sites for hydroxylation is 1. The van der Waals surface area contributed by atoms with E-state index >= 15 is 0 Å². The van der Waals surface area contributed by atoms with E-state index in [-0.39, 0.29) is 5.91 Å². The third-order valence-corrected chi connectivity index (χ3v) is 4.47. The number of carbonyl (C=O) groups is 1. The number of aliphatic imine (C=N–C) groups is 1. The zero-order valence-corrected chi connectivity index (χ0v) is 15.9. The number of halogens is 1. The first-order valence-corrected chi connectivity index (χ1v) is 9.17. The van der Waals surface area contributed by atoms with Crippen LogP contribution in [0.15, 0.2) is 35.5 Å². The summed E-state index contributed by atoms with van der Waals surface area (Å²) in [5.41, 5.74) is 0.749. The second-order valence-corrected chi connectivity index (χ2v) is 7.13. The molecule has 1 aromatic carbocycles. The molecule has 0 aliphatic carbocycles. The van der Waals surface area contributed by atoms with Crippen LogP contribution in [-0.2, 0) is 11.3 Å². The highest BCUT2D eigenvalue weighted by Crippen LogP contribution is 2.13. The van der Waals surface area contributed by atoms with Crippen LogP contribution in [0.2, 0.25) is 5.02 Å². The predicted octanol–water partition coefficient (Wildman–Crippen LogP) is 3.19. The maximum Gasteiger partial charge on any atom is 0.224 e. The summed E-state index contributed by atoms with van der Waals surface area (Å²) in [4.78, 5) is 21.5. The van der Waals surface area contributed by atoms with Crippen molar-refractivity contribution in [2.24, 2.45) is 4.99 Å². The standard InChI is InChI=1S/C17H22ClN5OS/c1-12-10-21-16(25-12)11-22-17(19-2)20-9-3-4-15(24)23-14-7-5-13(18)6-8-14/h5-8,10H,3-4,9,11H2,1-2H3,(H,23,24)(H2,19,20,22). The lowest BCUT2D eigenvalue weighted by Gasteiger charge is -2.11. The van der Waals surface area contributed by atoms with Gasteiger partial charge in [0.05, 0.1) is 6.54 Å². The topological polar surface area (TPSA) is 78.4 Å². The van der Waals surface area contributed by atoms with E-state index in [9.17, 15) is 4.79 Å². The van der Waals surface area contributed by atoms with Crippen LogP contribution in [0.1, 0.15) is 22.7 Å². The molecule has 134 valence electrons. The molecule has 0 fully saturated rings. The van der Waals surface area contributed by atoms with Crippen molar-refractivity contribution in [1.82, 2.24) is 15.6 Å². The fraction of sp³-hybridized carbons (Fsp3) is 0.353. The summed E-state index contributed by atoms with van der Waals surface area (Å²) >= 11 is 7.48. The Morgan fingerprint density at radius 3 is 2.68 bits per heavy atom. The van der Waals surface area contributed by atoms with Crippen molar-refractivity contribution in [2.75, 3.05) is 18.9 Å². The van der Waals surface area contributed by atoms with E-state index in [1.165, 1.54) is 4.88 Å². The number of thiazole rings is 1. The van der Waals surface area contributed by atoms with E-state index in [1.807, 2.05) is 13.1 Å².